The molecular weight excluding hydrogens is 283 g/mol. The topological polar surface area (TPSA) is 35.6 Å². The molecule has 1 amide bonds. The Morgan fingerprint density at radius 2 is 2.00 bits per heavy atom. The van der Waals surface area contributed by atoms with Gasteiger partial charge in [0.15, 0.2) is 0 Å². The van der Waals surface area contributed by atoms with E-state index in [1.54, 1.807) is 16.8 Å². The van der Waals surface area contributed by atoms with Crippen LogP contribution in [0.15, 0.2) is 18.2 Å². The van der Waals surface area contributed by atoms with Gasteiger partial charge in [-0.1, -0.05) is 0 Å². The Kier molecular flexibility index (Phi) is 4.29. The number of likely N-dealkylation sites (N-methyl/N-ethyl adjacent to an activating group) is 2. The van der Waals surface area contributed by atoms with E-state index in [2.05, 4.69) is 5.32 Å². The largest absolute Gasteiger partial charge is 0.416 e. The van der Waals surface area contributed by atoms with Gasteiger partial charge in [-0.05, 0) is 25.1 Å². The highest BCUT2D eigenvalue weighted by Gasteiger charge is 2.33. The molecule has 0 unspecified atom stereocenters. The lowest BCUT2D eigenvalue weighted by molar-refractivity contribution is -0.137. The van der Waals surface area contributed by atoms with Crippen LogP contribution >= 0.6 is 0 Å². The summed E-state index contributed by atoms with van der Waals surface area (Å²) >= 11 is 0. The molecule has 116 valence electrons. The quantitative estimate of drug-likeness (QED) is 0.928. The van der Waals surface area contributed by atoms with Crippen molar-refractivity contribution in [1.29, 1.82) is 0 Å². The first-order valence-corrected chi connectivity index (χ1v) is 6.77. The molecule has 0 aromatic heterocycles. The van der Waals surface area contributed by atoms with Crippen LogP contribution in [0.5, 0.6) is 0 Å². The fourth-order valence-corrected chi connectivity index (χ4v) is 2.38. The molecule has 7 heteroatoms. The second kappa shape index (κ2) is 5.83. The minimum absolute atomic E-state index is 0.132. The summed E-state index contributed by atoms with van der Waals surface area (Å²) in [5, 5.41) is 2.70. The Morgan fingerprint density at radius 3 is 2.62 bits per heavy atom. The Morgan fingerprint density at radius 1 is 1.29 bits per heavy atom. The average Bonchev–Trinajstić information content (AvgIpc) is 2.41. The number of anilines is 2. The zero-order valence-electron chi connectivity index (χ0n) is 12.0. The first-order valence-electron chi connectivity index (χ1n) is 6.77. The van der Waals surface area contributed by atoms with Gasteiger partial charge in [0, 0.05) is 26.7 Å². The highest BCUT2D eigenvalue weighted by molar-refractivity contribution is 5.84. The molecule has 0 radical (unpaired) electrons. The predicted octanol–water partition coefficient (Wildman–Crippen LogP) is 2.10. The van der Waals surface area contributed by atoms with Crippen LogP contribution in [0.3, 0.4) is 0 Å². The van der Waals surface area contributed by atoms with Gasteiger partial charge in [0.1, 0.15) is 0 Å². The number of halogens is 3. The maximum atomic E-state index is 12.8. The fraction of sp³-hybridized carbons (Fsp3) is 0.500. The van der Waals surface area contributed by atoms with Crippen LogP contribution in [0.4, 0.5) is 24.5 Å². The normalized spacial score (nSPS) is 14.9. The van der Waals surface area contributed by atoms with Crippen molar-refractivity contribution < 1.29 is 18.0 Å². The number of amides is 1. The van der Waals surface area contributed by atoms with Gasteiger partial charge in [0.25, 0.3) is 0 Å². The first kappa shape index (κ1) is 15.5. The molecule has 4 nitrogen and oxygen atoms in total. The zero-order chi connectivity index (χ0) is 15.6. The highest BCUT2D eigenvalue weighted by atomic mass is 19.4. The number of hydrogen-bond acceptors (Lipinski definition) is 3. The van der Waals surface area contributed by atoms with Crippen molar-refractivity contribution in [2.45, 2.75) is 13.1 Å². The molecule has 1 aromatic carbocycles. The van der Waals surface area contributed by atoms with E-state index in [1.165, 1.54) is 6.07 Å². The maximum absolute atomic E-state index is 12.8. The minimum atomic E-state index is -4.36. The van der Waals surface area contributed by atoms with Gasteiger partial charge in [-0.2, -0.15) is 13.2 Å². The minimum Gasteiger partial charge on any atom is -0.371 e. The molecule has 1 aromatic rings. The Balaban J connectivity index is 2.29. The smallest absolute Gasteiger partial charge is 0.371 e. The Bertz CT molecular complexity index is 531. The van der Waals surface area contributed by atoms with E-state index in [9.17, 15) is 18.0 Å². The van der Waals surface area contributed by atoms with Gasteiger partial charge in [-0.3, -0.25) is 4.79 Å². The number of alkyl halides is 3. The van der Waals surface area contributed by atoms with E-state index >= 15 is 0 Å². The molecule has 0 atom stereocenters. The first-order chi connectivity index (χ1) is 9.82. The number of nitrogens with zero attached hydrogens (tertiary/aromatic N) is 2. The summed E-state index contributed by atoms with van der Waals surface area (Å²) in [5.41, 5.74) is 0.483. The summed E-state index contributed by atoms with van der Waals surface area (Å²) in [6, 6.07) is 3.63. The van der Waals surface area contributed by atoms with Gasteiger partial charge in [0.2, 0.25) is 5.91 Å². The summed E-state index contributed by atoms with van der Waals surface area (Å²) in [4.78, 5) is 15.3. The van der Waals surface area contributed by atoms with E-state index in [1.807, 2.05) is 6.92 Å². The molecule has 1 aliphatic rings. The molecular formula is C14H18F3N3O. The van der Waals surface area contributed by atoms with Crippen LogP contribution in [0, 0.1) is 0 Å². The monoisotopic (exact) mass is 301 g/mol. The number of fused-ring (bicyclic) bond motifs is 1. The number of carbonyl (C=O) groups excluding carboxylic acids is 1. The molecule has 0 aliphatic carbocycles. The van der Waals surface area contributed by atoms with E-state index < -0.39 is 11.7 Å². The van der Waals surface area contributed by atoms with Gasteiger partial charge in [0.05, 0.1) is 23.5 Å². The number of nitrogens with one attached hydrogen (secondary N) is 1. The molecule has 1 N–H and O–H groups in total. The van der Waals surface area contributed by atoms with Crippen molar-refractivity contribution in [3.8, 4) is 0 Å². The fourth-order valence-electron chi connectivity index (χ4n) is 2.38. The Labute approximate surface area is 121 Å². The van der Waals surface area contributed by atoms with E-state index in [0.717, 1.165) is 12.1 Å². The standard InChI is InChI=1S/C14H18F3N3O/c1-3-18-13(21)9-20-7-6-19(2)12-8-10(14(15,16)17)4-5-11(12)20/h4-5,8H,3,6-7,9H2,1-2H3,(H,18,21). The highest BCUT2D eigenvalue weighted by Crippen LogP contribution is 2.38. The maximum Gasteiger partial charge on any atom is 0.416 e. The summed E-state index contributed by atoms with van der Waals surface area (Å²) in [6.45, 7) is 3.69. The van der Waals surface area contributed by atoms with Crippen LogP contribution in [0.1, 0.15) is 12.5 Å². The van der Waals surface area contributed by atoms with Crippen LogP contribution in [0.2, 0.25) is 0 Å². The summed E-state index contributed by atoms with van der Waals surface area (Å²) in [5.74, 6) is -0.132. The van der Waals surface area contributed by atoms with Crippen molar-refractivity contribution in [2.24, 2.45) is 0 Å². The number of hydrogen-bond donors (Lipinski definition) is 1. The van der Waals surface area contributed by atoms with Gasteiger partial charge >= 0.3 is 6.18 Å². The molecule has 1 heterocycles. The summed E-state index contributed by atoms with van der Waals surface area (Å²) < 4.78 is 38.4. The predicted molar refractivity (Wildman–Crippen MR) is 75.6 cm³/mol. The summed E-state index contributed by atoms with van der Waals surface area (Å²) in [7, 11) is 1.75. The van der Waals surface area contributed by atoms with Crippen LogP contribution < -0.4 is 15.1 Å². The number of rotatable bonds is 3. The lowest BCUT2D eigenvalue weighted by Gasteiger charge is -2.37. The molecule has 1 aliphatic heterocycles. The molecule has 0 spiro atoms. The van der Waals surface area contributed by atoms with E-state index in [-0.39, 0.29) is 12.5 Å². The number of carbonyl (C=O) groups is 1. The number of benzene rings is 1. The van der Waals surface area contributed by atoms with Crippen molar-refractivity contribution >= 4 is 17.3 Å². The van der Waals surface area contributed by atoms with Crippen LogP contribution in [-0.4, -0.2) is 39.1 Å². The third kappa shape index (κ3) is 3.40. The summed E-state index contributed by atoms with van der Waals surface area (Å²) in [6.07, 6.45) is -4.36. The second-order valence-corrected chi connectivity index (χ2v) is 5.00. The van der Waals surface area contributed by atoms with Crippen LogP contribution in [0.25, 0.3) is 0 Å². The molecule has 2 rings (SSSR count). The van der Waals surface area contributed by atoms with Crippen molar-refractivity contribution in [3.05, 3.63) is 23.8 Å². The molecule has 0 bridgehead atoms. The molecule has 0 fully saturated rings. The van der Waals surface area contributed by atoms with Gasteiger partial charge in [-0.25, -0.2) is 0 Å². The molecule has 0 saturated heterocycles. The second-order valence-electron chi connectivity index (χ2n) is 5.00. The van der Waals surface area contributed by atoms with Crippen molar-refractivity contribution in [3.63, 3.8) is 0 Å². The van der Waals surface area contributed by atoms with Crippen molar-refractivity contribution in [2.75, 3.05) is 43.0 Å². The Hall–Kier alpha value is -1.92. The van der Waals surface area contributed by atoms with Gasteiger partial charge in [-0.15, -0.1) is 0 Å². The molecule has 0 saturated carbocycles. The average molecular weight is 301 g/mol. The lowest BCUT2D eigenvalue weighted by Crippen LogP contribution is -2.44. The third-order valence-corrected chi connectivity index (χ3v) is 3.47. The van der Waals surface area contributed by atoms with Crippen molar-refractivity contribution in [1.82, 2.24) is 5.32 Å². The zero-order valence-corrected chi connectivity index (χ0v) is 12.0. The van der Waals surface area contributed by atoms with Gasteiger partial charge < -0.3 is 15.1 Å². The van der Waals surface area contributed by atoms with E-state index in [0.29, 0.717) is 31.0 Å². The van der Waals surface area contributed by atoms with E-state index in [4.69, 9.17) is 0 Å². The molecule has 21 heavy (non-hydrogen) atoms. The van der Waals surface area contributed by atoms with Crippen LogP contribution in [-0.2, 0) is 11.0 Å². The SMILES string of the molecule is CCNC(=O)CN1CCN(C)c2cc(C(F)(F)F)ccc21. The third-order valence-electron chi connectivity index (χ3n) is 3.47. The lowest BCUT2D eigenvalue weighted by atomic mass is 10.1.